The monoisotopic (exact) mass is 384 g/mol. The van der Waals surface area contributed by atoms with Gasteiger partial charge in [0.2, 0.25) is 5.82 Å². The lowest BCUT2D eigenvalue weighted by atomic mass is 10.1. The third-order valence-corrected chi connectivity index (χ3v) is 4.65. The van der Waals surface area contributed by atoms with Gasteiger partial charge < -0.3 is 4.52 Å². The molecule has 6 nitrogen and oxygen atoms in total. The molecule has 0 aliphatic carbocycles. The largest absolute Gasteiger partial charge is 0.471 e. The van der Waals surface area contributed by atoms with Gasteiger partial charge in [-0.1, -0.05) is 18.5 Å². The van der Waals surface area contributed by atoms with Gasteiger partial charge in [0.1, 0.15) is 0 Å². The number of carbonyl (C=O) groups is 1. The molecule has 26 heavy (non-hydrogen) atoms. The maximum atomic E-state index is 12.5. The van der Waals surface area contributed by atoms with Gasteiger partial charge in [-0.3, -0.25) is 9.48 Å². The van der Waals surface area contributed by atoms with E-state index in [1.165, 1.54) is 17.5 Å². The molecule has 10 heteroatoms. The molecule has 3 aromatic heterocycles. The minimum Gasteiger partial charge on any atom is -0.329 e. The molecule has 0 aliphatic heterocycles. The molecule has 0 aliphatic rings. The molecular weight excluding hydrogens is 369 g/mol. The first-order valence-corrected chi connectivity index (χ1v) is 8.74. The first kappa shape index (κ1) is 18.3. The zero-order valence-electron chi connectivity index (χ0n) is 13.8. The second kappa shape index (κ2) is 7.40. The van der Waals surface area contributed by atoms with Crippen LogP contribution in [0.1, 0.15) is 47.3 Å². The summed E-state index contributed by atoms with van der Waals surface area (Å²) in [5.41, 5.74) is 0.559. The number of ketones is 1. The van der Waals surface area contributed by atoms with Crippen molar-refractivity contribution in [3.8, 4) is 10.7 Å². The van der Waals surface area contributed by atoms with Crippen molar-refractivity contribution < 1.29 is 22.5 Å². The van der Waals surface area contributed by atoms with Crippen molar-refractivity contribution in [1.82, 2.24) is 19.9 Å². The van der Waals surface area contributed by atoms with E-state index in [0.29, 0.717) is 23.4 Å². The smallest absolute Gasteiger partial charge is 0.329 e. The van der Waals surface area contributed by atoms with E-state index in [9.17, 15) is 18.0 Å². The molecule has 0 spiro atoms. The molecule has 3 aromatic rings. The van der Waals surface area contributed by atoms with Crippen LogP contribution in [0.2, 0.25) is 0 Å². The fourth-order valence-electron chi connectivity index (χ4n) is 2.26. The van der Waals surface area contributed by atoms with Gasteiger partial charge in [0.15, 0.2) is 5.78 Å². The minimum atomic E-state index is -4.67. The molecule has 0 bridgehead atoms. The lowest BCUT2D eigenvalue weighted by Crippen LogP contribution is -2.04. The predicted octanol–water partition coefficient (Wildman–Crippen LogP) is 4.43. The number of thiophene rings is 1. The number of halogens is 3. The van der Waals surface area contributed by atoms with Gasteiger partial charge in [0.05, 0.1) is 23.2 Å². The third kappa shape index (κ3) is 4.18. The first-order chi connectivity index (χ1) is 12.4. The number of hydrogen-bond acceptors (Lipinski definition) is 6. The van der Waals surface area contributed by atoms with Gasteiger partial charge in [0, 0.05) is 17.5 Å². The number of aromatic nitrogens is 4. The zero-order valence-corrected chi connectivity index (χ0v) is 14.6. The average Bonchev–Trinajstić information content (AvgIpc) is 3.31. The summed E-state index contributed by atoms with van der Waals surface area (Å²) in [6, 6.07) is 3.38. The molecule has 0 saturated carbocycles. The molecule has 0 fully saturated rings. The number of hydrogen-bond donors (Lipinski definition) is 0. The number of alkyl halides is 3. The van der Waals surface area contributed by atoms with Crippen molar-refractivity contribution >= 4 is 17.1 Å². The summed E-state index contributed by atoms with van der Waals surface area (Å²) >= 11 is 1.24. The van der Waals surface area contributed by atoms with E-state index in [4.69, 9.17) is 0 Å². The standard InChI is InChI=1S/C16H15F3N4O2S/c1-2-3-4-12(24)10-7-20-23(8-10)9-11-5-6-13(26-11)14-21-15(25-22-14)16(17,18)19/h5-8H,2-4,9H2,1H3. The van der Waals surface area contributed by atoms with E-state index in [-0.39, 0.29) is 11.6 Å². The predicted molar refractivity (Wildman–Crippen MR) is 87.8 cm³/mol. The molecule has 0 aromatic carbocycles. The first-order valence-electron chi connectivity index (χ1n) is 7.92. The van der Waals surface area contributed by atoms with Crippen LogP contribution in [0.3, 0.4) is 0 Å². The summed E-state index contributed by atoms with van der Waals surface area (Å²) in [4.78, 5) is 16.6. The second-order valence-corrected chi connectivity index (χ2v) is 6.81. The van der Waals surface area contributed by atoms with Gasteiger partial charge in [-0.2, -0.15) is 23.3 Å². The lowest BCUT2D eigenvalue weighted by molar-refractivity contribution is -0.159. The Morgan fingerprint density at radius 3 is 2.85 bits per heavy atom. The van der Waals surface area contributed by atoms with Crippen molar-refractivity contribution in [2.45, 2.75) is 38.9 Å². The number of rotatable bonds is 7. The van der Waals surface area contributed by atoms with Crippen LogP contribution in [0, 0.1) is 0 Å². The Bertz CT molecular complexity index is 897. The summed E-state index contributed by atoms with van der Waals surface area (Å²) in [7, 11) is 0. The Balaban J connectivity index is 1.68. The second-order valence-electron chi connectivity index (χ2n) is 5.64. The van der Waals surface area contributed by atoms with Crippen molar-refractivity contribution in [3.63, 3.8) is 0 Å². The molecule has 0 N–H and O–H groups in total. The zero-order chi connectivity index (χ0) is 18.7. The third-order valence-electron chi connectivity index (χ3n) is 3.58. The highest BCUT2D eigenvalue weighted by atomic mass is 32.1. The molecule has 3 rings (SSSR count). The van der Waals surface area contributed by atoms with E-state index in [1.54, 1.807) is 23.0 Å². The maximum absolute atomic E-state index is 12.5. The Morgan fingerprint density at radius 2 is 2.15 bits per heavy atom. The Labute approximate surface area is 150 Å². The number of nitrogens with zero attached hydrogens (tertiary/aromatic N) is 4. The topological polar surface area (TPSA) is 73.8 Å². The molecule has 0 saturated heterocycles. The van der Waals surface area contributed by atoms with Gasteiger partial charge in [-0.05, 0) is 18.6 Å². The van der Waals surface area contributed by atoms with Crippen molar-refractivity contribution in [2.75, 3.05) is 0 Å². The summed E-state index contributed by atoms with van der Waals surface area (Å²) in [6.45, 7) is 2.42. The van der Waals surface area contributed by atoms with E-state index in [1.807, 2.05) is 6.92 Å². The van der Waals surface area contributed by atoms with Crippen LogP contribution in [-0.4, -0.2) is 25.7 Å². The van der Waals surface area contributed by atoms with Gasteiger partial charge in [-0.15, -0.1) is 11.3 Å². The molecule has 3 heterocycles. The fraction of sp³-hybridized carbons (Fsp3) is 0.375. The summed E-state index contributed by atoms with van der Waals surface area (Å²) in [5.74, 6) is -1.43. The number of Topliss-reactive ketones (excluding diaryl/α,β-unsaturated/α-hetero) is 1. The summed E-state index contributed by atoms with van der Waals surface area (Å²) in [6.07, 6.45) is 0.813. The normalized spacial score (nSPS) is 11.8. The average molecular weight is 384 g/mol. The van der Waals surface area contributed by atoms with Crippen LogP contribution in [-0.2, 0) is 12.7 Å². The minimum absolute atomic E-state index is 0.0523. The Morgan fingerprint density at radius 1 is 1.35 bits per heavy atom. The quantitative estimate of drug-likeness (QED) is 0.563. The van der Waals surface area contributed by atoms with Gasteiger partial charge in [-0.25, -0.2) is 0 Å². The number of carbonyl (C=O) groups excluding carboxylic acids is 1. The van der Waals surface area contributed by atoms with Gasteiger partial charge in [0.25, 0.3) is 0 Å². The van der Waals surface area contributed by atoms with E-state index in [0.717, 1.165) is 17.7 Å². The van der Waals surface area contributed by atoms with E-state index < -0.39 is 12.1 Å². The maximum Gasteiger partial charge on any atom is 0.471 e. The highest BCUT2D eigenvalue weighted by Gasteiger charge is 2.38. The van der Waals surface area contributed by atoms with E-state index in [2.05, 4.69) is 19.8 Å². The molecule has 0 radical (unpaired) electrons. The van der Waals surface area contributed by atoms with Crippen LogP contribution < -0.4 is 0 Å². The Hall–Kier alpha value is -2.49. The summed E-state index contributed by atoms with van der Waals surface area (Å²) in [5, 5.41) is 7.53. The molecule has 0 unspecified atom stereocenters. The highest BCUT2D eigenvalue weighted by Crippen LogP contribution is 2.31. The van der Waals surface area contributed by atoms with Crippen LogP contribution >= 0.6 is 11.3 Å². The van der Waals surface area contributed by atoms with Crippen LogP contribution in [0.5, 0.6) is 0 Å². The van der Waals surface area contributed by atoms with Crippen LogP contribution in [0.4, 0.5) is 13.2 Å². The molecule has 0 atom stereocenters. The van der Waals surface area contributed by atoms with E-state index >= 15 is 0 Å². The summed E-state index contributed by atoms with van der Waals surface area (Å²) < 4.78 is 43.4. The van der Waals surface area contributed by atoms with Crippen molar-refractivity contribution in [2.24, 2.45) is 0 Å². The Kier molecular flexibility index (Phi) is 5.21. The number of unbranched alkanes of at least 4 members (excludes halogenated alkanes) is 1. The molecule has 0 amide bonds. The van der Waals surface area contributed by atoms with Crippen LogP contribution in [0.15, 0.2) is 29.0 Å². The highest BCUT2D eigenvalue weighted by molar-refractivity contribution is 7.15. The molecular formula is C16H15F3N4O2S. The van der Waals surface area contributed by atoms with Crippen LogP contribution in [0.25, 0.3) is 10.7 Å². The van der Waals surface area contributed by atoms with Crippen molar-refractivity contribution in [3.05, 3.63) is 40.9 Å². The molecule has 138 valence electrons. The lowest BCUT2D eigenvalue weighted by Gasteiger charge is -1.98. The van der Waals surface area contributed by atoms with Crippen molar-refractivity contribution in [1.29, 1.82) is 0 Å². The SMILES string of the molecule is CCCCC(=O)c1cnn(Cc2ccc(-c3noc(C(F)(F)F)n3)s2)c1. The van der Waals surface area contributed by atoms with Gasteiger partial charge >= 0.3 is 12.1 Å². The fourth-order valence-corrected chi connectivity index (χ4v) is 3.18.